The largest absolute Gasteiger partial charge is 0.311 e. The summed E-state index contributed by atoms with van der Waals surface area (Å²) in [6.07, 6.45) is 5.05. The van der Waals surface area contributed by atoms with Crippen molar-refractivity contribution in [1.82, 2.24) is 15.1 Å². The van der Waals surface area contributed by atoms with E-state index in [-0.39, 0.29) is 17.8 Å². The smallest absolute Gasteiger partial charge is 0.148 e. The third kappa shape index (κ3) is 4.87. The van der Waals surface area contributed by atoms with Crippen LogP contribution in [0.4, 0.5) is 0 Å². The molecule has 0 radical (unpaired) electrons. The molecule has 98 valence electrons. The Morgan fingerprint density at radius 1 is 1.47 bits per heavy atom. The van der Waals surface area contributed by atoms with Crippen LogP contribution in [0.2, 0.25) is 0 Å². The summed E-state index contributed by atoms with van der Waals surface area (Å²) >= 11 is 0. The monoisotopic (exact) mass is 259 g/mol. The quantitative estimate of drug-likeness (QED) is 0.820. The number of aryl methyl sites for hydroxylation is 1. The molecule has 1 heterocycles. The molecular formula is C11H21N3O2S. The van der Waals surface area contributed by atoms with Crippen LogP contribution in [0.1, 0.15) is 25.5 Å². The van der Waals surface area contributed by atoms with E-state index in [1.165, 1.54) is 6.26 Å². The molecule has 1 N–H and O–H groups in total. The van der Waals surface area contributed by atoms with Crippen LogP contribution in [0.3, 0.4) is 0 Å². The Bertz CT molecular complexity index is 453. The molecule has 0 saturated carbocycles. The molecule has 2 atom stereocenters. The van der Waals surface area contributed by atoms with Crippen molar-refractivity contribution in [3.8, 4) is 0 Å². The molecule has 0 spiro atoms. The summed E-state index contributed by atoms with van der Waals surface area (Å²) in [5, 5.41) is 7.46. The van der Waals surface area contributed by atoms with Gasteiger partial charge in [-0.2, -0.15) is 5.10 Å². The molecule has 1 rings (SSSR count). The van der Waals surface area contributed by atoms with Gasteiger partial charge in [0.25, 0.3) is 0 Å². The van der Waals surface area contributed by atoms with Crippen LogP contribution in [0, 0.1) is 6.92 Å². The van der Waals surface area contributed by atoms with Gasteiger partial charge < -0.3 is 5.32 Å². The highest BCUT2D eigenvalue weighted by Gasteiger charge is 2.14. The minimum Gasteiger partial charge on any atom is -0.311 e. The number of rotatable bonds is 6. The standard InChI is InChI=1S/C11H21N3O2S/c1-9-7-13-14(8-9)11(3)10(2)12-5-6-17(4,15)16/h7-8,10-12H,5-6H2,1-4H3/t10-,11+/m1/s1. The van der Waals surface area contributed by atoms with E-state index < -0.39 is 9.84 Å². The average molecular weight is 259 g/mol. The molecule has 6 heteroatoms. The Balaban J connectivity index is 2.45. The van der Waals surface area contributed by atoms with Gasteiger partial charge in [-0.3, -0.25) is 4.68 Å². The van der Waals surface area contributed by atoms with Gasteiger partial charge in [0.2, 0.25) is 0 Å². The van der Waals surface area contributed by atoms with E-state index in [1.54, 1.807) is 0 Å². The minimum atomic E-state index is -2.89. The Kier molecular flexibility index (Phi) is 4.70. The first kappa shape index (κ1) is 14.2. The summed E-state index contributed by atoms with van der Waals surface area (Å²) < 4.78 is 23.9. The van der Waals surface area contributed by atoms with Gasteiger partial charge in [0, 0.05) is 25.0 Å². The highest BCUT2D eigenvalue weighted by molar-refractivity contribution is 7.90. The topological polar surface area (TPSA) is 64.0 Å². The normalized spacial score (nSPS) is 15.8. The van der Waals surface area contributed by atoms with Gasteiger partial charge in [-0.25, -0.2) is 8.42 Å². The third-order valence-electron chi connectivity index (χ3n) is 2.81. The van der Waals surface area contributed by atoms with Gasteiger partial charge in [-0.1, -0.05) is 0 Å². The van der Waals surface area contributed by atoms with Gasteiger partial charge in [-0.05, 0) is 26.3 Å². The average Bonchev–Trinajstić information content (AvgIpc) is 2.61. The molecule has 0 amide bonds. The second-order valence-corrected chi connectivity index (χ2v) is 6.87. The van der Waals surface area contributed by atoms with Crippen LogP contribution < -0.4 is 5.32 Å². The Hall–Kier alpha value is -0.880. The molecule has 0 saturated heterocycles. The third-order valence-corrected chi connectivity index (χ3v) is 3.76. The lowest BCUT2D eigenvalue weighted by Gasteiger charge is -2.21. The molecule has 0 aliphatic carbocycles. The molecule has 0 bridgehead atoms. The van der Waals surface area contributed by atoms with E-state index in [2.05, 4.69) is 17.3 Å². The van der Waals surface area contributed by atoms with Gasteiger partial charge in [0.15, 0.2) is 0 Å². The first-order valence-electron chi connectivity index (χ1n) is 5.71. The molecule has 0 aliphatic rings. The number of hydrogen-bond acceptors (Lipinski definition) is 4. The van der Waals surface area contributed by atoms with Crippen molar-refractivity contribution in [1.29, 1.82) is 0 Å². The van der Waals surface area contributed by atoms with E-state index in [4.69, 9.17) is 0 Å². The van der Waals surface area contributed by atoms with Crippen LogP contribution in [0.25, 0.3) is 0 Å². The number of aromatic nitrogens is 2. The van der Waals surface area contributed by atoms with Crippen molar-refractivity contribution in [3.05, 3.63) is 18.0 Å². The fraction of sp³-hybridized carbons (Fsp3) is 0.727. The number of hydrogen-bond donors (Lipinski definition) is 1. The van der Waals surface area contributed by atoms with E-state index in [1.807, 2.05) is 30.9 Å². The highest BCUT2D eigenvalue weighted by Crippen LogP contribution is 2.10. The van der Waals surface area contributed by atoms with Gasteiger partial charge in [0.1, 0.15) is 9.84 Å². The molecule has 1 aromatic rings. The first-order valence-corrected chi connectivity index (χ1v) is 7.77. The predicted molar refractivity (Wildman–Crippen MR) is 68.9 cm³/mol. The summed E-state index contributed by atoms with van der Waals surface area (Å²) in [5.41, 5.74) is 1.13. The summed E-state index contributed by atoms with van der Waals surface area (Å²) in [5.74, 6) is 0.169. The van der Waals surface area contributed by atoms with E-state index in [0.29, 0.717) is 6.54 Å². The summed E-state index contributed by atoms with van der Waals surface area (Å²) in [6, 6.07) is 0.374. The zero-order chi connectivity index (χ0) is 13.1. The number of nitrogens with zero attached hydrogens (tertiary/aromatic N) is 2. The molecular weight excluding hydrogens is 238 g/mol. The maximum Gasteiger partial charge on any atom is 0.148 e. The highest BCUT2D eigenvalue weighted by atomic mass is 32.2. The van der Waals surface area contributed by atoms with Crippen LogP contribution >= 0.6 is 0 Å². The van der Waals surface area contributed by atoms with Gasteiger partial charge >= 0.3 is 0 Å². The van der Waals surface area contributed by atoms with Crippen molar-refractivity contribution in [2.45, 2.75) is 32.9 Å². The lowest BCUT2D eigenvalue weighted by Crippen LogP contribution is -2.36. The van der Waals surface area contributed by atoms with E-state index in [0.717, 1.165) is 5.56 Å². The zero-order valence-electron chi connectivity index (χ0n) is 10.8. The molecule has 5 nitrogen and oxygen atoms in total. The van der Waals surface area contributed by atoms with Crippen molar-refractivity contribution in [3.63, 3.8) is 0 Å². The SMILES string of the molecule is Cc1cnn([C@@H](C)[C@@H](C)NCCS(C)(=O)=O)c1. The van der Waals surface area contributed by atoms with E-state index in [9.17, 15) is 8.42 Å². The molecule has 0 aliphatic heterocycles. The maximum atomic E-state index is 11.0. The van der Waals surface area contributed by atoms with E-state index >= 15 is 0 Å². The number of nitrogens with one attached hydrogen (secondary N) is 1. The van der Waals surface area contributed by atoms with Crippen LogP contribution in [0.15, 0.2) is 12.4 Å². The second kappa shape index (κ2) is 5.64. The van der Waals surface area contributed by atoms with Gasteiger partial charge in [-0.15, -0.1) is 0 Å². The van der Waals surface area contributed by atoms with Crippen LogP contribution in [-0.4, -0.2) is 42.8 Å². The fourth-order valence-corrected chi connectivity index (χ4v) is 2.02. The predicted octanol–water partition coefficient (Wildman–Crippen LogP) is 0.775. The lowest BCUT2D eigenvalue weighted by atomic mass is 10.2. The molecule has 17 heavy (non-hydrogen) atoms. The van der Waals surface area contributed by atoms with Crippen LogP contribution in [0.5, 0.6) is 0 Å². The lowest BCUT2D eigenvalue weighted by molar-refractivity contribution is 0.372. The van der Waals surface area contributed by atoms with Crippen molar-refractivity contribution in [2.75, 3.05) is 18.6 Å². The summed E-state index contributed by atoms with van der Waals surface area (Å²) in [6.45, 7) is 6.57. The first-order chi connectivity index (χ1) is 7.79. The van der Waals surface area contributed by atoms with Crippen molar-refractivity contribution < 1.29 is 8.42 Å². The van der Waals surface area contributed by atoms with Crippen molar-refractivity contribution >= 4 is 9.84 Å². The Morgan fingerprint density at radius 2 is 2.12 bits per heavy atom. The fourth-order valence-electron chi connectivity index (χ4n) is 1.53. The maximum absolute atomic E-state index is 11.0. The number of sulfone groups is 1. The molecule has 0 aromatic carbocycles. The summed E-state index contributed by atoms with van der Waals surface area (Å²) in [4.78, 5) is 0. The molecule has 1 aromatic heterocycles. The zero-order valence-corrected chi connectivity index (χ0v) is 11.7. The van der Waals surface area contributed by atoms with Crippen LogP contribution in [-0.2, 0) is 9.84 Å². The molecule has 0 fully saturated rings. The summed E-state index contributed by atoms with van der Waals surface area (Å²) in [7, 11) is -2.89. The molecule has 0 unspecified atom stereocenters. The van der Waals surface area contributed by atoms with Gasteiger partial charge in [0.05, 0.1) is 18.0 Å². The van der Waals surface area contributed by atoms with Crippen molar-refractivity contribution in [2.24, 2.45) is 0 Å². The Morgan fingerprint density at radius 3 is 2.59 bits per heavy atom. The Labute approximate surface area is 103 Å². The minimum absolute atomic E-state index is 0.169. The second-order valence-electron chi connectivity index (χ2n) is 4.61.